The van der Waals surface area contributed by atoms with Crippen molar-refractivity contribution >= 4 is 17.5 Å². The lowest BCUT2D eigenvalue weighted by molar-refractivity contribution is -0.123. The molecule has 1 rings (SSSR count). The first-order valence-corrected chi connectivity index (χ1v) is 6.72. The molecular formula is C15H23N3O2. The molecule has 0 saturated carbocycles. The van der Waals surface area contributed by atoms with E-state index in [4.69, 9.17) is 5.73 Å². The molecule has 0 aromatic heterocycles. The molecule has 1 aromatic carbocycles. The third-order valence-electron chi connectivity index (χ3n) is 3.20. The number of hydrogen-bond donors (Lipinski definition) is 3. The highest BCUT2D eigenvalue weighted by Crippen LogP contribution is 2.21. The van der Waals surface area contributed by atoms with Gasteiger partial charge in [-0.3, -0.25) is 9.59 Å². The first-order valence-electron chi connectivity index (χ1n) is 6.72. The maximum Gasteiger partial charge on any atom is 0.251 e. The van der Waals surface area contributed by atoms with Gasteiger partial charge in [-0.25, -0.2) is 0 Å². The number of benzene rings is 1. The minimum atomic E-state index is -0.620. The van der Waals surface area contributed by atoms with Crippen molar-refractivity contribution in [2.45, 2.75) is 27.7 Å². The largest absolute Gasteiger partial charge is 0.352 e. The predicted molar refractivity (Wildman–Crippen MR) is 80.7 cm³/mol. The van der Waals surface area contributed by atoms with Crippen molar-refractivity contribution in [3.63, 3.8) is 0 Å². The van der Waals surface area contributed by atoms with Gasteiger partial charge in [0.25, 0.3) is 5.91 Å². The predicted octanol–water partition coefficient (Wildman–Crippen LogP) is 1.67. The average molecular weight is 277 g/mol. The van der Waals surface area contributed by atoms with Crippen molar-refractivity contribution in [3.05, 3.63) is 29.3 Å². The molecule has 0 saturated heterocycles. The molecular weight excluding hydrogens is 254 g/mol. The Labute approximate surface area is 119 Å². The molecule has 1 aromatic rings. The highest BCUT2D eigenvalue weighted by molar-refractivity contribution is 5.98. The quantitative estimate of drug-likeness (QED) is 0.765. The molecule has 0 atom stereocenters. The molecule has 0 aliphatic carbocycles. The fourth-order valence-electron chi connectivity index (χ4n) is 1.59. The molecule has 110 valence electrons. The number of nitrogens with two attached hydrogens (primary N) is 1. The standard InChI is InChI=1S/C15H23N3O2/c1-5-17-13(19)11-6-7-12(10(2)8-11)18-14(20)15(3,4)9-16/h6-8H,5,9,16H2,1-4H3,(H,17,19)(H,18,20). The molecule has 4 N–H and O–H groups in total. The smallest absolute Gasteiger partial charge is 0.251 e. The van der Waals surface area contributed by atoms with Crippen molar-refractivity contribution in [2.24, 2.45) is 11.1 Å². The van der Waals surface area contributed by atoms with E-state index in [1.807, 2.05) is 13.8 Å². The lowest BCUT2D eigenvalue weighted by Crippen LogP contribution is -2.37. The number of carbonyl (C=O) groups excluding carboxylic acids is 2. The lowest BCUT2D eigenvalue weighted by atomic mass is 9.92. The zero-order valence-electron chi connectivity index (χ0n) is 12.5. The summed E-state index contributed by atoms with van der Waals surface area (Å²) >= 11 is 0. The van der Waals surface area contributed by atoms with Gasteiger partial charge in [0.05, 0.1) is 5.41 Å². The van der Waals surface area contributed by atoms with Gasteiger partial charge in [0.1, 0.15) is 0 Å². The first-order chi connectivity index (χ1) is 9.31. The van der Waals surface area contributed by atoms with Crippen LogP contribution < -0.4 is 16.4 Å². The molecule has 0 aliphatic heterocycles. The van der Waals surface area contributed by atoms with Crippen LogP contribution >= 0.6 is 0 Å². The minimum Gasteiger partial charge on any atom is -0.352 e. The van der Waals surface area contributed by atoms with Crippen molar-refractivity contribution in [1.29, 1.82) is 0 Å². The number of rotatable bonds is 5. The van der Waals surface area contributed by atoms with Gasteiger partial charge in [0.15, 0.2) is 0 Å². The van der Waals surface area contributed by atoms with Gasteiger partial charge in [0, 0.05) is 24.3 Å². The molecule has 0 heterocycles. The second-order valence-corrected chi connectivity index (χ2v) is 5.43. The van der Waals surface area contributed by atoms with E-state index in [0.29, 0.717) is 17.8 Å². The van der Waals surface area contributed by atoms with Crippen LogP contribution in [-0.2, 0) is 4.79 Å². The Morgan fingerprint density at radius 1 is 1.30 bits per heavy atom. The van der Waals surface area contributed by atoms with Crippen LogP contribution in [0.25, 0.3) is 0 Å². The second-order valence-electron chi connectivity index (χ2n) is 5.43. The Kier molecular flexibility index (Phi) is 5.27. The summed E-state index contributed by atoms with van der Waals surface area (Å²) < 4.78 is 0. The Hall–Kier alpha value is -1.88. The molecule has 2 amide bonds. The van der Waals surface area contributed by atoms with Gasteiger partial charge in [-0.15, -0.1) is 0 Å². The number of anilines is 1. The normalized spacial score (nSPS) is 11.1. The summed E-state index contributed by atoms with van der Waals surface area (Å²) in [6, 6.07) is 5.20. The zero-order valence-corrected chi connectivity index (χ0v) is 12.5. The minimum absolute atomic E-state index is 0.115. The van der Waals surface area contributed by atoms with Crippen LogP contribution in [0.15, 0.2) is 18.2 Å². The van der Waals surface area contributed by atoms with E-state index in [1.165, 1.54) is 0 Å². The van der Waals surface area contributed by atoms with E-state index in [9.17, 15) is 9.59 Å². The third-order valence-corrected chi connectivity index (χ3v) is 3.20. The Balaban J connectivity index is 2.89. The van der Waals surface area contributed by atoms with Crippen LogP contribution in [0.2, 0.25) is 0 Å². The number of nitrogens with one attached hydrogen (secondary N) is 2. The lowest BCUT2D eigenvalue weighted by Gasteiger charge is -2.22. The summed E-state index contributed by atoms with van der Waals surface area (Å²) in [6.45, 7) is 8.17. The maximum absolute atomic E-state index is 12.1. The first kappa shape index (κ1) is 16.2. The molecule has 0 aliphatic rings. The van der Waals surface area contributed by atoms with Crippen LogP contribution in [-0.4, -0.2) is 24.9 Å². The summed E-state index contributed by atoms with van der Waals surface area (Å²) in [6.07, 6.45) is 0. The van der Waals surface area contributed by atoms with E-state index < -0.39 is 5.41 Å². The van der Waals surface area contributed by atoms with E-state index in [2.05, 4.69) is 10.6 Å². The van der Waals surface area contributed by atoms with Gasteiger partial charge in [-0.05, 0) is 51.5 Å². The van der Waals surface area contributed by atoms with Crippen LogP contribution in [0.4, 0.5) is 5.69 Å². The Morgan fingerprint density at radius 2 is 1.95 bits per heavy atom. The number of hydrogen-bond acceptors (Lipinski definition) is 3. The summed E-state index contributed by atoms with van der Waals surface area (Å²) in [4.78, 5) is 23.8. The molecule has 0 unspecified atom stereocenters. The van der Waals surface area contributed by atoms with E-state index >= 15 is 0 Å². The van der Waals surface area contributed by atoms with Gasteiger partial charge in [-0.2, -0.15) is 0 Å². The molecule has 5 nitrogen and oxygen atoms in total. The van der Waals surface area contributed by atoms with Crippen LogP contribution in [0.3, 0.4) is 0 Å². The molecule has 0 fully saturated rings. The van der Waals surface area contributed by atoms with Crippen LogP contribution in [0, 0.1) is 12.3 Å². The highest BCUT2D eigenvalue weighted by atomic mass is 16.2. The maximum atomic E-state index is 12.1. The summed E-state index contributed by atoms with van der Waals surface area (Å²) in [5.41, 5.74) is 7.09. The topological polar surface area (TPSA) is 84.2 Å². The fourth-order valence-corrected chi connectivity index (χ4v) is 1.59. The molecule has 5 heteroatoms. The van der Waals surface area contributed by atoms with Crippen molar-refractivity contribution < 1.29 is 9.59 Å². The second kappa shape index (κ2) is 6.52. The van der Waals surface area contributed by atoms with Crippen molar-refractivity contribution in [1.82, 2.24) is 5.32 Å². The number of amides is 2. The summed E-state index contributed by atoms with van der Waals surface area (Å²) in [7, 11) is 0. The van der Waals surface area contributed by atoms with Gasteiger partial charge >= 0.3 is 0 Å². The zero-order chi connectivity index (χ0) is 15.3. The van der Waals surface area contributed by atoms with E-state index in [1.54, 1.807) is 32.0 Å². The molecule has 20 heavy (non-hydrogen) atoms. The Bertz CT molecular complexity index is 510. The average Bonchev–Trinajstić information content (AvgIpc) is 2.41. The monoisotopic (exact) mass is 277 g/mol. The molecule has 0 radical (unpaired) electrons. The van der Waals surface area contributed by atoms with Gasteiger partial charge in [0.2, 0.25) is 5.91 Å². The van der Waals surface area contributed by atoms with E-state index in [0.717, 1.165) is 5.56 Å². The summed E-state index contributed by atoms with van der Waals surface area (Å²) in [5, 5.41) is 5.59. The van der Waals surface area contributed by atoms with Gasteiger partial charge in [-0.1, -0.05) is 0 Å². The van der Waals surface area contributed by atoms with Gasteiger partial charge < -0.3 is 16.4 Å². The SMILES string of the molecule is CCNC(=O)c1ccc(NC(=O)C(C)(C)CN)c(C)c1. The molecule has 0 bridgehead atoms. The Morgan fingerprint density at radius 3 is 2.45 bits per heavy atom. The van der Waals surface area contributed by atoms with Crippen molar-refractivity contribution in [2.75, 3.05) is 18.4 Å². The van der Waals surface area contributed by atoms with Crippen LogP contribution in [0.5, 0.6) is 0 Å². The molecule has 0 spiro atoms. The number of aryl methyl sites for hydroxylation is 1. The third kappa shape index (κ3) is 3.81. The number of carbonyl (C=O) groups is 2. The fraction of sp³-hybridized carbons (Fsp3) is 0.467. The van der Waals surface area contributed by atoms with Crippen molar-refractivity contribution in [3.8, 4) is 0 Å². The van der Waals surface area contributed by atoms with Crippen LogP contribution in [0.1, 0.15) is 36.7 Å². The summed E-state index contributed by atoms with van der Waals surface area (Å²) in [5.74, 6) is -0.246. The van der Waals surface area contributed by atoms with E-state index in [-0.39, 0.29) is 18.4 Å². The highest BCUT2D eigenvalue weighted by Gasteiger charge is 2.26.